The predicted octanol–water partition coefficient (Wildman–Crippen LogP) is 3.48. The summed E-state index contributed by atoms with van der Waals surface area (Å²) in [6.07, 6.45) is 0. The lowest BCUT2D eigenvalue weighted by Crippen LogP contribution is -2.14. The lowest BCUT2D eigenvalue weighted by molar-refractivity contribution is 0.0690. The van der Waals surface area contributed by atoms with Crippen LogP contribution in [0.1, 0.15) is 32.1 Å². The molecule has 1 heterocycles. The Bertz CT molecular complexity index is 740. The normalized spacial score (nSPS) is 10.5. The Morgan fingerprint density at radius 1 is 1.33 bits per heavy atom. The van der Waals surface area contributed by atoms with Crippen molar-refractivity contribution in [2.75, 3.05) is 5.32 Å². The number of rotatable bonds is 3. The summed E-state index contributed by atoms with van der Waals surface area (Å²) in [6, 6.07) is 4.20. The SMILES string of the molecule is Cc1[nH]c(C(=O)O)c(C)c1C(=O)Nc1ccc(Br)c(F)c1. The van der Waals surface area contributed by atoms with Gasteiger partial charge in [-0.05, 0) is 53.5 Å². The highest BCUT2D eigenvalue weighted by molar-refractivity contribution is 9.10. The topological polar surface area (TPSA) is 82.2 Å². The zero-order valence-electron chi connectivity index (χ0n) is 11.3. The van der Waals surface area contributed by atoms with E-state index in [2.05, 4.69) is 26.2 Å². The Kier molecular flexibility index (Phi) is 4.13. The first-order valence-corrected chi connectivity index (χ1v) is 6.79. The van der Waals surface area contributed by atoms with Crippen LogP contribution in [0.25, 0.3) is 0 Å². The van der Waals surface area contributed by atoms with Crippen LogP contribution in [0, 0.1) is 19.7 Å². The average Bonchev–Trinajstić information content (AvgIpc) is 2.69. The molecule has 0 atom stereocenters. The first kappa shape index (κ1) is 15.2. The molecule has 0 aliphatic rings. The van der Waals surface area contributed by atoms with Crippen LogP contribution in [0.15, 0.2) is 22.7 Å². The largest absolute Gasteiger partial charge is 0.477 e. The highest BCUT2D eigenvalue weighted by Crippen LogP contribution is 2.22. The van der Waals surface area contributed by atoms with Gasteiger partial charge in [-0.1, -0.05) is 0 Å². The molecular weight excluding hydrogens is 343 g/mol. The van der Waals surface area contributed by atoms with Crippen molar-refractivity contribution in [1.29, 1.82) is 0 Å². The van der Waals surface area contributed by atoms with Crippen LogP contribution in [0.4, 0.5) is 10.1 Å². The van der Waals surface area contributed by atoms with E-state index in [9.17, 15) is 14.0 Å². The number of halogens is 2. The average molecular weight is 355 g/mol. The number of hydrogen-bond acceptors (Lipinski definition) is 2. The molecule has 0 radical (unpaired) electrons. The monoisotopic (exact) mass is 354 g/mol. The smallest absolute Gasteiger partial charge is 0.352 e. The number of carbonyl (C=O) groups excluding carboxylic acids is 1. The molecule has 1 aromatic carbocycles. The van der Waals surface area contributed by atoms with Gasteiger partial charge >= 0.3 is 5.97 Å². The van der Waals surface area contributed by atoms with E-state index >= 15 is 0 Å². The van der Waals surface area contributed by atoms with E-state index in [1.807, 2.05) is 0 Å². The summed E-state index contributed by atoms with van der Waals surface area (Å²) in [6.45, 7) is 3.15. The van der Waals surface area contributed by atoms with E-state index in [0.717, 1.165) is 0 Å². The lowest BCUT2D eigenvalue weighted by Gasteiger charge is -2.07. The Hall–Kier alpha value is -2.15. The van der Waals surface area contributed by atoms with Crippen molar-refractivity contribution in [3.63, 3.8) is 0 Å². The van der Waals surface area contributed by atoms with Gasteiger partial charge in [0.2, 0.25) is 0 Å². The maximum absolute atomic E-state index is 13.4. The molecule has 0 fully saturated rings. The lowest BCUT2D eigenvalue weighted by atomic mass is 10.1. The standard InChI is InChI=1S/C14H12BrFN2O3/c1-6-11(7(2)17-12(6)14(20)21)13(19)18-8-3-4-9(15)10(16)5-8/h3-5,17H,1-2H3,(H,18,19)(H,20,21). The maximum Gasteiger partial charge on any atom is 0.352 e. The Balaban J connectivity index is 2.32. The Morgan fingerprint density at radius 2 is 2.00 bits per heavy atom. The molecule has 2 aromatic rings. The van der Waals surface area contributed by atoms with Crippen LogP contribution in [0.3, 0.4) is 0 Å². The molecule has 0 spiro atoms. The summed E-state index contributed by atoms with van der Waals surface area (Å²) in [5.74, 6) is -2.12. The van der Waals surface area contributed by atoms with Crippen molar-refractivity contribution in [3.8, 4) is 0 Å². The summed E-state index contributed by atoms with van der Waals surface area (Å²) in [5.41, 5.74) is 1.29. The van der Waals surface area contributed by atoms with Gasteiger partial charge in [0.15, 0.2) is 0 Å². The van der Waals surface area contributed by atoms with Gasteiger partial charge in [-0.25, -0.2) is 9.18 Å². The van der Waals surface area contributed by atoms with Gasteiger partial charge in [0, 0.05) is 11.4 Å². The second kappa shape index (κ2) is 5.69. The minimum Gasteiger partial charge on any atom is -0.477 e. The van der Waals surface area contributed by atoms with Crippen LogP contribution in [0.2, 0.25) is 0 Å². The van der Waals surface area contributed by atoms with E-state index in [4.69, 9.17) is 5.11 Å². The van der Waals surface area contributed by atoms with Crippen LogP contribution in [-0.2, 0) is 0 Å². The molecule has 0 unspecified atom stereocenters. The van der Waals surface area contributed by atoms with Crippen molar-refractivity contribution in [3.05, 3.63) is 51.0 Å². The van der Waals surface area contributed by atoms with Crippen LogP contribution in [-0.4, -0.2) is 22.0 Å². The van der Waals surface area contributed by atoms with Gasteiger partial charge in [-0.15, -0.1) is 0 Å². The minimum atomic E-state index is -1.13. The predicted molar refractivity (Wildman–Crippen MR) is 79.3 cm³/mol. The number of aromatic carboxylic acids is 1. The number of aryl methyl sites for hydroxylation is 1. The quantitative estimate of drug-likeness (QED) is 0.788. The van der Waals surface area contributed by atoms with Crippen molar-refractivity contribution in [2.45, 2.75) is 13.8 Å². The number of aromatic nitrogens is 1. The highest BCUT2D eigenvalue weighted by Gasteiger charge is 2.21. The third-order valence-electron chi connectivity index (χ3n) is 3.06. The van der Waals surface area contributed by atoms with Gasteiger partial charge in [0.05, 0.1) is 10.0 Å². The second-order valence-electron chi connectivity index (χ2n) is 4.51. The highest BCUT2D eigenvalue weighted by atomic mass is 79.9. The summed E-state index contributed by atoms with van der Waals surface area (Å²) >= 11 is 3.03. The third kappa shape index (κ3) is 2.97. The Labute approximate surface area is 128 Å². The van der Waals surface area contributed by atoms with E-state index in [1.54, 1.807) is 19.9 Å². The molecule has 5 nitrogen and oxygen atoms in total. The third-order valence-corrected chi connectivity index (χ3v) is 3.70. The van der Waals surface area contributed by atoms with Gasteiger partial charge in [-0.3, -0.25) is 4.79 Å². The molecule has 21 heavy (non-hydrogen) atoms. The summed E-state index contributed by atoms with van der Waals surface area (Å²) in [4.78, 5) is 25.9. The van der Waals surface area contributed by atoms with Crippen molar-refractivity contribution in [1.82, 2.24) is 4.98 Å². The molecule has 1 aromatic heterocycles. The van der Waals surface area contributed by atoms with Crippen LogP contribution in [0.5, 0.6) is 0 Å². The van der Waals surface area contributed by atoms with Crippen molar-refractivity contribution in [2.24, 2.45) is 0 Å². The van der Waals surface area contributed by atoms with Gasteiger partial charge in [-0.2, -0.15) is 0 Å². The summed E-state index contributed by atoms with van der Waals surface area (Å²) in [5, 5.41) is 11.6. The fraction of sp³-hybridized carbons (Fsp3) is 0.143. The van der Waals surface area contributed by atoms with E-state index in [-0.39, 0.29) is 16.9 Å². The molecule has 0 bridgehead atoms. The fourth-order valence-electron chi connectivity index (χ4n) is 2.07. The molecule has 2 rings (SSSR count). The number of carboxylic acids is 1. The number of benzene rings is 1. The number of carboxylic acid groups (broad SMARTS) is 1. The number of aromatic amines is 1. The van der Waals surface area contributed by atoms with Gasteiger partial charge in [0.25, 0.3) is 5.91 Å². The van der Waals surface area contributed by atoms with Gasteiger partial charge in [0.1, 0.15) is 11.5 Å². The molecule has 0 aliphatic carbocycles. The number of amides is 1. The van der Waals surface area contributed by atoms with E-state index < -0.39 is 17.7 Å². The van der Waals surface area contributed by atoms with Crippen LogP contribution < -0.4 is 5.32 Å². The number of hydrogen-bond donors (Lipinski definition) is 3. The molecule has 0 saturated carbocycles. The number of H-pyrrole nitrogens is 1. The fourth-order valence-corrected chi connectivity index (χ4v) is 2.32. The van der Waals surface area contributed by atoms with Crippen molar-refractivity contribution >= 4 is 33.5 Å². The number of carbonyl (C=O) groups is 2. The second-order valence-corrected chi connectivity index (χ2v) is 5.37. The Morgan fingerprint density at radius 3 is 2.52 bits per heavy atom. The maximum atomic E-state index is 13.4. The molecule has 7 heteroatoms. The molecule has 0 aliphatic heterocycles. The van der Waals surface area contributed by atoms with Gasteiger partial charge < -0.3 is 15.4 Å². The molecule has 110 valence electrons. The number of nitrogens with one attached hydrogen (secondary N) is 2. The van der Waals surface area contributed by atoms with Crippen molar-refractivity contribution < 1.29 is 19.1 Å². The molecule has 1 amide bonds. The van der Waals surface area contributed by atoms with Crippen LogP contribution >= 0.6 is 15.9 Å². The number of anilines is 1. The zero-order valence-corrected chi connectivity index (χ0v) is 12.8. The first-order valence-electron chi connectivity index (χ1n) is 6.00. The van der Waals surface area contributed by atoms with E-state index in [1.165, 1.54) is 12.1 Å². The summed E-state index contributed by atoms with van der Waals surface area (Å²) in [7, 11) is 0. The molecule has 0 saturated heterocycles. The molecule has 3 N–H and O–H groups in total. The molecular formula is C14H12BrFN2O3. The summed E-state index contributed by atoms with van der Waals surface area (Å²) < 4.78 is 13.7. The first-order chi connectivity index (χ1) is 9.81. The minimum absolute atomic E-state index is 0.0281. The van der Waals surface area contributed by atoms with E-state index in [0.29, 0.717) is 15.7 Å². The zero-order chi connectivity index (χ0) is 15.7.